The molecule has 6 nitrogen and oxygen atoms in total. The maximum atomic E-state index is 5.51. The Bertz CT molecular complexity index is 476. The average Bonchev–Trinajstić information content (AvgIpc) is 2.87. The Morgan fingerprint density at radius 2 is 2.35 bits per heavy atom. The highest BCUT2D eigenvalue weighted by molar-refractivity contribution is 5.19. The first-order valence-electron chi connectivity index (χ1n) is 5.71. The summed E-state index contributed by atoms with van der Waals surface area (Å²) in [4.78, 5) is 1.47. The Morgan fingerprint density at radius 1 is 1.53 bits per heavy atom. The predicted molar refractivity (Wildman–Crippen MR) is 62.4 cm³/mol. The zero-order valence-electron chi connectivity index (χ0n) is 10.3. The summed E-state index contributed by atoms with van der Waals surface area (Å²) in [5.41, 5.74) is 1.14. The van der Waals surface area contributed by atoms with Crippen LogP contribution in [0.25, 0.3) is 0 Å². The van der Waals surface area contributed by atoms with Gasteiger partial charge in [0.2, 0.25) is 0 Å². The van der Waals surface area contributed by atoms with Crippen LogP contribution in [0.3, 0.4) is 0 Å². The van der Waals surface area contributed by atoms with Crippen molar-refractivity contribution in [1.29, 1.82) is 0 Å². The molecule has 0 saturated carbocycles. The Morgan fingerprint density at radius 3 is 2.88 bits per heavy atom. The molecule has 0 aromatic carbocycles. The summed E-state index contributed by atoms with van der Waals surface area (Å²) in [6, 6.07) is 2.06. The van der Waals surface area contributed by atoms with Gasteiger partial charge in [0.25, 0.3) is 0 Å². The number of aryl methyl sites for hydroxylation is 2. The molecule has 17 heavy (non-hydrogen) atoms. The van der Waals surface area contributed by atoms with Crippen LogP contribution in [0.4, 0.5) is 0 Å². The predicted octanol–water partition coefficient (Wildman–Crippen LogP) is 1.00. The molecule has 2 heterocycles. The first kappa shape index (κ1) is 11.8. The molecule has 0 fully saturated rings. The molecule has 0 aliphatic heterocycles. The number of tetrazole rings is 1. The molecule has 0 aliphatic rings. The number of hydrogen-bond donors (Lipinski definition) is 1. The van der Waals surface area contributed by atoms with Gasteiger partial charge < -0.3 is 9.73 Å². The monoisotopic (exact) mass is 235 g/mol. The number of likely N-dealkylation sites (N-methyl/N-ethyl adjacent to an activating group) is 1. The summed E-state index contributed by atoms with van der Waals surface area (Å²) < 4.78 is 5.51. The normalized spacial score (nSPS) is 12.9. The molecule has 0 bridgehead atoms. The lowest BCUT2D eigenvalue weighted by molar-refractivity contribution is 0.409. The summed E-state index contributed by atoms with van der Waals surface area (Å²) in [6.07, 6.45) is 2.38. The zero-order chi connectivity index (χ0) is 12.3. The van der Waals surface area contributed by atoms with Crippen LogP contribution in [-0.2, 0) is 13.5 Å². The molecule has 2 rings (SSSR count). The van der Waals surface area contributed by atoms with Crippen LogP contribution in [0.5, 0.6) is 0 Å². The lowest BCUT2D eigenvalue weighted by atomic mass is 10.1. The number of nitrogens with zero attached hydrogens (tertiary/aromatic N) is 4. The van der Waals surface area contributed by atoms with Gasteiger partial charge in [0.05, 0.1) is 19.4 Å². The summed E-state index contributed by atoms with van der Waals surface area (Å²) in [7, 11) is 1.76. The van der Waals surface area contributed by atoms with E-state index in [1.54, 1.807) is 13.3 Å². The van der Waals surface area contributed by atoms with Crippen molar-refractivity contribution >= 4 is 0 Å². The van der Waals surface area contributed by atoms with E-state index in [-0.39, 0.29) is 6.04 Å². The maximum absolute atomic E-state index is 5.51. The largest absolute Gasteiger partial charge is 0.467 e. The third-order valence-corrected chi connectivity index (χ3v) is 2.61. The molecular weight excluding hydrogens is 218 g/mol. The molecule has 2 aromatic rings. The summed E-state index contributed by atoms with van der Waals surface area (Å²) in [5.74, 6) is 1.66. The van der Waals surface area contributed by atoms with E-state index in [9.17, 15) is 0 Å². The molecule has 0 spiro atoms. The van der Waals surface area contributed by atoms with E-state index in [1.807, 2.05) is 13.0 Å². The van der Waals surface area contributed by atoms with Crippen molar-refractivity contribution in [2.45, 2.75) is 26.3 Å². The number of furan rings is 1. The van der Waals surface area contributed by atoms with Gasteiger partial charge in [0.1, 0.15) is 5.76 Å². The van der Waals surface area contributed by atoms with Crippen LogP contribution in [0.15, 0.2) is 16.7 Å². The van der Waals surface area contributed by atoms with E-state index in [0.717, 1.165) is 17.9 Å². The van der Waals surface area contributed by atoms with Gasteiger partial charge in [-0.2, -0.15) is 4.80 Å². The second-order valence-electron chi connectivity index (χ2n) is 3.98. The van der Waals surface area contributed by atoms with E-state index < -0.39 is 0 Å². The van der Waals surface area contributed by atoms with Crippen molar-refractivity contribution in [3.8, 4) is 0 Å². The van der Waals surface area contributed by atoms with E-state index in [0.29, 0.717) is 12.2 Å². The third-order valence-electron chi connectivity index (χ3n) is 2.61. The molecule has 1 N–H and O–H groups in total. The van der Waals surface area contributed by atoms with Gasteiger partial charge in [-0.3, -0.25) is 0 Å². The van der Waals surface area contributed by atoms with Crippen LogP contribution in [-0.4, -0.2) is 26.8 Å². The highest BCUT2D eigenvalue weighted by atomic mass is 16.3. The van der Waals surface area contributed by atoms with Crippen LogP contribution in [0, 0.1) is 6.92 Å². The van der Waals surface area contributed by atoms with Crippen molar-refractivity contribution in [2.24, 2.45) is 7.05 Å². The average molecular weight is 235 g/mol. The Hall–Kier alpha value is -1.69. The fourth-order valence-corrected chi connectivity index (χ4v) is 1.83. The van der Waals surface area contributed by atoms with Gasteiger partial charge in [0, 0.05) is 6.42 Å². The lowest BCUT2D eigenvalue weighted by Gasteiger charge is -2.14. The van der Waals surface area contributed by atoms with Gasteiger partial charge >= 0.3 is 0 Å². The maximum Gasteiger partial charge on any atom is 0.176 e. The Kier molecular flexibility index (Phi) is 3.53. The first-order chi connectivity index (χ1) is 8.20. The number of rotatable bonds is 5. The minimum atomic E-state index is 0.0965. The van der Waals surface area contributed by atoms with Crippen LogP contribution in [0.2, 0.25) is 0 Å². The van der Waals surface area contributed by atoms with Crippen LogP contribution < -0.4 is 5.32 Å². The topological polar surface area (TPSA) is 68.8 Å². The van der Waals surface area contributed by atoms with Crippen LogP contribution >= 0.6 is 0 Å². The molecular formula is C11H17N5O. The van der Waals surface area contributed by atoms with Crippen LogP contribution in [0.1, 0.15) is 30.1 Å². The minimum Gasteiger partial charge on any atom is -0.467 e. The highest BCUT2D eigenvalue weighted by Gasteiger charge is 2.18. The SMILES string of the molecule is CCNC(Cc1nnn(C)n1)c1occc1C. The highest BCUT2D eigenvalue weighted by Crippen LogP contribution is 2.21. The number of nitrogens with one attached hydrogen (secondary N) is 1. The molecule has 6 heteroatoms. The van der Waals surface area contributed by atoms with Gasteiger partial charge in [-0.15, -0.1) is 10.2 Å². The first-order valence-corrected chi connectivity index (χ1v) is 5.71. The van der Waals surface area contributed by atoms with Gasteiger partial charge in [0.15, 0.2) is 5.82 Å². The molecule has 0 aliphatic carbocycles. The Balaban J connectivity index is 2.15. The van der Waals surface area contributed by atoms with E-state index in [4.69, 9.17) is 4.42 Å². The minimum absolute atomic E-state index is 0.0965. The lowest BCUT2D eigenvalue weighted by Crippen LogP contribution is -2.23. The van der Waals surface area contributed by atoms with Gasteiger partial charge in [-0.25, -0.2) is 0 Å². The van der Waals surface area contributed by atoms with E-state index in [1.165, 1.54) is 4.80 Å². The molecule has 0 amide bonds. The molecule has 1 atom stereocenters. The Labute approximate surface area is 100 Å². The fraction of sp³-hybridized carbons (Fsp3) is 0.545. The molecule has 92 valence electrons. The van der Waals surface area contributed by atoms with Crippen molar-refractivity contribution in [1.82, 2.24) is 25.5 Å². The quantitative estimate of drug-likeness (QED) is 0.837. The summed E-state index contributed by atoms with van der Waals surface area (Å²) in [5, 5.41) is 15.4. The molecule has 0 radical (unpaired) electrons. The van der Waals surface area contributed by atoms with Gasteiger partial charge in [-0.05, 0) is 30.3 Å². The van der Waals surface area contributed by atoms with Gasteiger partial charge in [-0.1, -0.05) is 6.92 Å². The molecule has 1 unspecified atom stereocenters. The molecule has 2 aromatic heterocycles. The second kappa shape index (κ2) is 5.09. The number of aromatic nitrogens is 4. The number of hydrogen-bond acceptors (Lipinski definition) is 5. The standard InChI is InChI=1S/C11H17N5O/c1-4-12-9(11-8(2)5-6-17-11)7-10-13-15-16(3)14-10/h5-6,9,12H,4,7H2,1-3H3. The fourth-order valence-electron chi connectivity index (χ4n) is 1.83. The smallest absolute Gasteiger partial charge is 0.176 e. The van der Waals surface area contributed by atoms with Crippen molar-refractivity contribution in [2.75, 3.05) is 6.54 Å². The summed E-state index contributed by atoms with van der Waals surface area (Å²) >= 11 is 0. The van der Waals surface area contributed by atoms with E-state index >= 15 is 0 Å². The van der Waals surface area contributed by atoms with Crippen molar-refractivity contribution < 1.29 is 4.42 Å². The molecule has 0 saturated heterocycles. The zero-order valence-corrected chi connectivity index (χ0v) is 10.3. The van der Waals surface area contributed by atoms with Crippen molar-refractivity contribution in [3.05, 3.63) is 29.5 Å². The second-order valence-corrected chi connectivity index (χ2v) is 3.98. The van der Waals surface area contributed by atoms with E-state index in [2.05, 4.69) is 27.7 Å². The van der Waals surface area contributed by atoms with Crippen molar-refractivity contribution in [3.63, 3.8) is 0 Å². The summed E-state index contributed by atoms with van der Waals surface area (Å²) in [6.45, 7) is 4.97. The third kappa shape index (κ3) is 2.71.